The maximum Gasteiger partial charge on any atom is 0.407 e. The zero-order valence-electron chi connectivity index (χ0n) is 25.1. The van der Waals surface area contributed by atoms with Crippen LogP contribution in [-0.4, -0.2) is 77.4 Å². The van der Waals surface area contributed by atoms with Crippen molar-refractivity contribution in [3.63, 3.8) is 0 Å². The van der Waals surface area contributed by atoms with Gasteiger partial charge >= 0.3 is 6.09 Å². The third-order valence-corrected chi connectivity index (χ3v) is 8.49. The lowest BCUT2D eigenvalue weighted by Gasteiger charge is -2.35. The largest absolute Gasteiger partial charge is 0.444 e. The Hall–Kier alpha value is -3.29. The van der Waals surface area contributed by atoms with Crippen molar-refractivity contribution >= 4 is 62.4 Å². The van der Waals surface area contributed by atoms with Gasteiger partial charge in [-0.15, -0.1) is 0 Å². The van der Waals surface area contributed by atoms with Crippen LogP contribution in [0.25, 0.3) is 5.65 Å². The molecule has 12 nitrogen and oxygen atoms in total. The minimum Gasteiger partial charge on any atom is -0.444 e. The summed E-state index contributed by atoms with van der Waals surface area (Å²) in [6.07, 6.45) is 4.56. The predicted molar refractivity (Wildman–Crippen MR) is 170 cm³/mol. The molecule has 0 saturated carbocycles. The normalized spacial score (nSPS) is 19.6. The zero-order chi connectivity index (χ0) is 31.8. The number of likely N-dealkylation sites (tertiary alicyclic amines) is 1. The van der Waals surface area contributed by atoms with Crippen LogP contribution in [0.15, 0.2) is 30.3 Å². The number of sulfonamides is 1. The van der Waals surface area contributed by atoms with Crippen molar-refractivity contribution < 1.29 is 22.7 Å². The molecular formula is C29H37Cl2N7O5S. The predicted octanol–water partition coefficient (Wildman–Crippen LogP) is 5.27. The lowest BCUT2D eigenvalue weighted by atomic mass is 9.98. The van der Waals surface area contributed by atoms with Crippen LogP contribution in [0, 0.1) is 0 Å². The van der Waals surface area contributed by atoms with Crippen LogP contribution in [0.4, 0.5) is 16.3 Å². The Balaban J connectivity index is 1.44. The fourth-order valence-electron chi connectivity index (χ4n) is 5.73. The van der Waals surface area contributed by atoms with E-state index in [1.807, 2.05) is 26.8 Å². The molecule has 238 valence electrons. The van der Waals surface area contributed by atoms with E-state index in [1.165, 1.54) is 18.2 Å². The second-order valence-corrected chi connectivity index (χ2v) is 14.9. The first kappa shape index (κ1) is 32.1. The fraction of sp³-hybridized carbons (Fsp3) is 0.517. The summed E-state index contributed by atoms with van der Waals surface area (Å²) in [7, 11) is -3.63. The highest BCUT2D eigenvalue weighted by Crippen LogP contribution is 2.35. The Bertz CT molecular complexity index is 1670. The first-order chi connectivity index (χ1) is 20.7. The summed E-state index contributed by atoms with van der Waals surface area (Å²) in [6.45, 7) is 7.21. The summed E-state index contributed by atoms with van der Waals surface area (Å²) in [5.41, 5.74) is 0.912. The summed E-state index contributed by atoms with van der Waals surface area (Å²) in [6, 6.07) is 7.58. The maximum atomic E-state index is 13.9. The summed E-state index contributed by atoms with van der Waals surface area (Å²) in [4.78, 5) is 34.7. The molecule has 0 bridgehead atoms. The molecule has 2 aromatic heterocycles. The molecule has 0 spiro atoms. The molecule has 2 aliphatic heterocycles. The van der Waals surface area contributed by atoms with Crippen molar-refractivity contribution in [2.75, 3.05) is 35.5 Å². The number of benzene rings is 1. The molecule has 2 fully saturated rings. The van der Waals surface area contributed by atoms with Crippen LogP contribution in [0.5, 0.6) is 0 Å². The number of alkyl carbamates (subject to hydrolysis) is 1. The van der Waals surface area contributed by atoms with Crippen LogP contribution in [-0.2, 0) is 14.8 Å². The Kier molecular flexibility index (Phi) is 9.20. The van der Waals surface area contributed by atoms with Crippen molar-refractivity contribution in [3.8, 4) is 0 Å². The van der Waals surface area contributed by atoms with Gasteiger partial charge < -0.3 is 19.9 Å². The number of halogens is 2. The van der Waals surface area contributed by atoms with E-state index >= 15 is 0 Å². The van der Waals surface area contributed by atoms with E-state index in [1.54, 1.807) is 15.5 Å². The summed E-state index contributed by atoms with van der Waals surface area (Å²) < 4.78 is 33.6. The SMILES string of the molecule is CC(C)(C)OC(=O)NC1CCCN(c2cc(Cl)nc3cc([C@@H]4CCCCN4C(=O)c4cc(Cl)ccc4NS(C)(=O)=O)nn23)C1. The van der Waals surface area contributed by atoms with Crippen LogP contribution in [0.2, 0.25) is 10.2 Å². The average molecular weight is 667 g/mol. The second kappa shape index (κ2) is 12.6. The number of carbonyl (C=O) groups excluding carboxylic acids is 2. The van der Waals surface area contributed by atoms with Gasteiger partial charge in [0.05, 0.1) is 29.2 Å². The molecule has 2 atom stereocenters. The van der Waals surface area contributed by atoms with Gasteiger partial charge in [0, 0.05) is 42.8 Å². The van der Waals surface area contributed by atoms with Gasteiger partial charge in [-0.1, -0.05) is 23.2 Å². The van der Waals surface area contributed by atoms with Crippen LogP contribution < -0.4 is 14.9 Å². The number of anilines is 2. The standard InChI is InChI=1S/C29H37Cl2N7O5S/c1-29(2,3)43-28(40)32-19-8-7-12-36(17-19)26-16-24(31)33-25-15-22(34-38(25)26)23-9-5-6-13-37(23)27(39)20-14-18(30)10-11-21(20)35-44(4,41)42/h10-11,14-16,19,23,35H,5-9,12-13,17H2,1-4H3,(H,32,40)/t19?,23-/m0/s1. The summed E-state index contributed by atoms with van der Waals surface area (Å²) in [5, 5.41) is 8.51. The Morgan fingerprint density at radius 3 is 2.55 bits per heavy atom. The molecule has 0 aliphatic carbocycles. The second-order valence-electron chi connectivity index (χ2n) is 12.3. The molecule has 2 aliphatic rings. The summed E-state index contributed by atoms with van der Waals surface area (Å²) >= 11 is 12.7. The third-order valence-electron chi connectivity index (χ3n) is 7.47. The van der Waals surface area contributed by atoms with Crippen molar-refractivity contribution in [2.24, 2.45) is 0 Å². The average Bonchev–Trinajstić information content (AvgIpc) is 3.35. The van der Waals surface area contributed by atoms with Crippen molar-refractivity contribution in [2.45, 2.75) is 70.6 Å². The van der Waals surface area contributed by atoms with E-state index in [-0.39, 0.29) is 29.2 Å². The van der Waals surface area contributed by atoms with E-state index in [0.717, 1.165) is 44.3 Å². The van der Waals surface area contributed by atoms with Gasteiger partial charge in [-0.2, -0.15) is 9.61 Å². The molecule has 2 saturated heterocycles. The number of amides is 2. The molecule has 2 N–H and O–H groups in total. The number of hydrogen-bond donors (Lipinski definition) is 2. The van der Waals surface area contributed by atoms with E-state index < -0.39 is 21.7 Å². The third kappa shape index (κ3) is 7.67. The van der Waals surface area contributed by atoms with E-state index in [9.17, 15) is 18.0 Å². The molecule has 3 aromatic rings. The zero-order valence-corrected chi connectivity index (χ0v) is 27.5. The maximum absolute atomic E-state index is 13.9. The van der Waals surface area contributed by atoms with Gasteiger partial charge in [-0.3, -0.25) is 9.52 Å². The monoisotopic (exact) mass is 665 g/mol. The van der Waals surface area contributed by atoms with Crippen LogP contribution in [0.1, 0.15) is 75.0 Å². The lowest BCUT2D eigenvalue weighted by molar-refractivity contribution is 0.0499. The molecular weight excluding hydrogens is 629 g/mol. The number of fused-ring (bicyclic) bond motifs is 1. The molecule has 0 radical (unpaired) electrons. The van der Waals surface area contributed by atoms with Gasteiger partial charge in [-0.25, -0.2) is 18.2 Å². The topological polar surface area (TPSA) is 138 Å². The van der Waals surface area contributed by atoms with Crippen molar-refractivity contribution in [1.82, 2.24) is 24.8 Å². The number of carbonyl (C=O) groups is 2. The minimum absolute atomic E-state index is 0.130. The van der Waals surface area contributed by atoms with Gasteiger partial charge in [0.15, 0.2) is 5.65 Å². The number of nitrogens with zero attached hydrogens (tertiary/aromatic N) is 5. The van der Waals surface area contributed by atoms with E-state index in [2.05, 4.69) is 19.9 Å². The Morgan fingerprint density at radius 1 is 1.05 bits per heavy atom. The number of piperidine rings is 2. The first-order valence-electron chi connectivity index (χ1n) is 14.6. The molecule has 4 heterocycles. The van der Waals surface area contributed by atoms with E-state index in [4.69, 9.17) is 33.0 Å². The van der Waals surface area contributed by atoms with Gasteiger partial charge in [-0.05, 0) is 71.1 Å². The van der Waals surface area contributed by atoms with Gasteiger partial charge in [0.25, 0.3) is 5.91 Å². The highest BCUT2D eigenvalue weighted by molar-refractivity contribution is 7.92. The molecule has 1 unspecified atom stereocenters. The number of aromatic nitrogens is 3. The minimum atomic E-state index is -3.63. The van der Waals surface area contributed by atoms with E-state index in [0.29, 0.717) is 41.0 Å². The lowest BCUT2D eigenvalue weighted by Crippen LogP contribution is -2.49. The van der Waals surface area contributed by atoms with Gasteiger partial charge in [0.1, 0.15) is 16.6 Å². The van der Waals surface area contributed by atoms with Gasteiger partial charge in [0.2, 0.25) is 10.0 Å². The quantitative estimate of drug-likeness (QED) is 0.340. The van der Waals surface area contributed by atoms with Crippen molar-refractivity contribution in [3.05, 3.63) is 51.8 Å². The molecule has 15 heteroatoms. The fourth-order valence-corrected chi connectivity index (χ4v) is 6.66. The molecule has 1 aromatic carbocycles. The Morgan fingerprint density at radius 2 is 1.82 bits per heavy atom. The number of ether oxygens (including phenoxy) is 1. The van der Waals surface area contributed by atoms with Crippen LogP contribution in [0.3, 0.4) is 0 Å². The number of nitrogens with one attached hydrogen (secondary N) is 2. The number of rotatable bonds is 6. The molecule has 44 heavy (non-hydrogen) atoms. The number of hydrogen-bond acceptors (Lipinski definition) is 8. The highest BCUT2D eigenvalue weighted by atomic mass is 35.5. The first-order valence-corrected chi connectivity index (χ1v) is 17.2. The Labute approximate surface area is 267 Å². The smallest absolute Gasteiger partial charge is 0.407 e. The van der Waals surface area contributed by atoms with Crippen molar-refractivity contribution in [1.29, 1.82) is 0 Å². The highest BCUT2D eigenvalue weighted by Gasteiger charge is 2.33. The molecule has 5 rings (SSSR count). The molecule has 2 amide bonds. The summed E-state index contributed by atoms with van der Waals surface area (Å²) in [5.74, 6) is 0.379. The van der Waals surface area contributed by atoms with Crippen LogP contribution >= 0.6 is 23.2 Å².